The van der Waals surface area contributed by atoms with Gasteiger partial charge >= 0.3 is 0 Å². The molecule has 3 N–H and O–H groups in total. The summed E-state index contributed by atoms with van der Waals surface area (Å²) in [6.07, 6.45) is 1.69. The van der Waals surface area contributed by atoms with Crippen LogP contribution in [-0.2, 0) is 0 Å². The summed E-state index contributed by atoms with van der Waals surface area (Å²) in [5.41, 5.74) is 10.7. The van der Waals surface area contributed by atoms with Crippen LogP contribution in [-0.4, -0.2) is 14.6 Å². The molecule has 2 heterocycles. The average molecular weight is 416 g/mol. The lowest BCUT2D eigenvalue weighted by atomic mass is 10.0. The Bertz CT molecular complexity index is 1130. The van der Waals surface area contributed by atoms with Gasteiger partial charge in [0.25, 0.3) is 0 Å². The maximum Gasteiger partial charge on any atom is 0.157 e. The van der Waals surface area contributed by atoms with Gasteiger partial charge in [-0.2, -0.15) is 9.61 Å². The lowest BCUT2D eigenvalue weighted by Crippen LogP contribution is -2.05. The molecule has 0 atom stereocenters. The molecule has 0 saturated heterocycles. The Labute approximate surface area is 170 Å². The van der Waals surface area contributed by atoms with Gasteiger partial charge in [0.2, 0.25) is 0 Å². The molecule has 0 spiro atoms. The molecule has 4 rings (SSSR count). The first kappa shape index (κ1) is 18.0. The van der Waals surface area contributed by atoms with E-state index in [2.05, 4.69) is 14.8 Å². The summed E-state index contributed by atoms with van der Waals surface area (Å²) in [5, 5.41) is 5.30. The summed E-state index contributed by atoms with van der Waals surface area (Å²) >= 11 is 13.7. The summed E-state index contributed by atoms with van der Waals surface area (Å²) in [7, 11) is 0. The number of nitrogens with two attached hydrogens (primary N) is 1. The summed E-state index contributed by atoms with van der Waals surface area (Å²) in [4.78, 5) is 5.43. The van der Waals surface area contributed by atoms with Gasteiger partial charge in [-0.15, -0.1) is 0 Å². The van der Waals surface area contributed by atoms with Gasteiger partial charge in [0.15, 0.2) is 5.65 Å². The minimum atomic E-state index is 0.534. The molecule has 2 aromatic heterocycles. The van der Waals surface area contributed by atoms with Gasteiger partial charge in [-0.25, -0.2) is 4.98 Å². The molecule has 0 aliphatic rings. The van der Waals surface area contributed by atoms with Crippen molar-refractivity contribution >= 4 is 52.3 Å². The Morgan fingerprint density at radius 3 is 2.63 bits per heavy atom. The van der Waals surface area contributed by atoms with Gasteiger partial charge in [0.1, 0.15) is 5.82 Å². The largest absolute Gasteiger partial charge is 0.383 e. The van der Waals surface area contributed by atoms with Crippen molar-refractivity contribution in [1.29, 1.82) is 0 Å². The molecule has 0 amide bonds. The van der Waals surface area contributed by atoms with Crippen LogP contribution in [0.5, 0.6) is 0 Å². The number of aryl methyl sites for hydroxylation is 1. The van der Waals surface area contributed by atoms with E-state index in [1.54, 1.807) is 16.8 Å². The van der Waals surface area contributed by atoms with Crippen LogP contribution >= 0.6 is 35.1 Å². The van der Waals surface area contributed by atoms with E-state index < -0.39 is 0 Å². The smallest absolute Gasteiger partial charge is 0.157 e. The number of nitrogens with one attached hydrogen (secondary N) is 1. The molecule has 2 aromatic carbocycles. The van der Waals surface area contributed by atoms with Crippen molar-refractivity contribution in [3.05, 3.63) is 70.5 Å². The Morgan fingerprint density at radius 1 is 1.07 bits per heavy atom. The number of aromatic nitrogens is 3. The Balaban J connectivity index is 1.58. The van der Waals surface area contributed by atoms with E-state index in [1.807, 2.05) is 49.4 Å². The third-order valence-electron chi connectivity index (χ3n) is 4.12. The minimum Gasteiger partial charge on any atom is -0.383 e. The van der Waals surface area contributed by atoms with Crippen molar-refractivity contribution in [3.8, 4) is 11.1 Å². The number of fused-ring (bicyclic) bond motifs is 1. The quantitative estimate of drug-likeness (QED) is 0.417. The van der Waals surface area contributed by atoms with Gasteiger partial charge in [-0.3, -0.25) is 0 Å². The first-order chi connectivity index (χ1) is 13.0. The van der Waals surface area contributed by atoms with E-state index in [9.17, 15) is 0 Å². The lowest BCUT2D eigenvalue weighted by Gasteiger charge is -2.12. The number of benzene rings is 2. The molecule has 136 valence electrons. The molecule has 0 aliphatic carbocycles. The van der Waals surface area contributed by atoms with Crippen molar-refractivity contribution in [3.63, 3.8) is 0 Å². The van der Waals surface area contributed by atoms with Crippen LogP contribution in [0.2, 0.25) is 10.0 Å². The van der Waals surface area contributed by atoms with Crippen molar-refractivity contribution in [2.45, 2.75) is 11.8 Å². The van der Waals surface area contributed by atoms with E-state index in [0.29, 0.717) is 15.9 Å². The normalized spacial score (nSPS) is 11.1. The van der Waals surface area contributed by atoms with E-state index in [1.165, 1.54) is 11.9 Å². The zero-order valence-electron chi connectivity index (χ0n) is 14.3. The van der Waals surface area contributed by atoms with Crippen LogP contribution in [0.15, 0.2) is 59.6 Å². The van der Waals surface area contributed by atoms with Crippen LogP contribution in [0.3, 0.4) is 0 Å². The SMILES string of the molecule is Cc1nc2ccnn2c(N)c1-c1ccc(NSc2cccc(Cl)c2Cl)cc1. The maximum atomic E-state index is 6.31. The second kappa shape index (κ2) is 7.31. The topological polar surface area (TPSA) is 68.2 Å². The molecule has 5 nitrogen and oxygen atoms in total. The highest BCUT2D eigenvalue weighted by atomic mass is 35.5. The highest BCUT2D eigenvalue weighted by Crippen LogP contribution is 2.34. The second-order valence-electron chi connectivity index (χ2n) is 5.89. The molecule has 0 fully saturated rings. The van der Waals surface area contributed by atoms with Crippen molar-refractivity contribution < 1.29 is 0 Å². The molecule has 0 radical (unpaired) electrons. The molecular weight excluding hydrogens is 401 g/mol. The first-order valence-electron chi connectivity index (χ1n) is 8.11. The molecule has 4 aromatic rings. The average Bonchev–Trinajstić information content (AvgIpc) is 3.13. The molecular formula is C19H15Cl2N5S. The number of rotatable bonds is 4. The third kappa shape index (κ3) is 3.43. The highest BCUT2D eigenvalue weighted by Gasteiger charge is 2.13. The fourth-order valence-corrected chi connectivity index (χ4v) is 4.01. The molecule has 0 saturated carbocycles. The number of nitrogens with zero attached hydrogens (tertiary/aromatic N) is 3. The van der Waals surface area contributed by atoms with Crippen LogP contribution < -0.4 is 10.5 Å². The van der Waals surface area contributed by atoms with Crippen molar-refractivity contribution in [1.82, 2.24) is 14.6 Å². The lowest BCUT2D eigenvalue weighted by molar-refractivity contribution is 0.945. The molecule has 8 heteroatoms. The van der Waals surface area contributed by atoms with E-state index in [-0.39, 0.29) is 0 Å². The van der Waals surface area contributed by atoms with Crippen LogP contribution in [0.4, 0.5) is 11.5 Å². The highest BCUT2D eigenvalue weighted by molar-refractivity contribution is 8.00. The first-order valence-corrected chi connectivity index (χ1v) is 9.69. The standard InChI is InChI=1S/C19H15Cl2N5S/c1-11-17(19(22)26-16(24-11)9-10-23-26)12-5-7-13(8-6-12)25-27-15-4-2-3-14(20)18(15)21/h2-10,25H,22H2,1H3. The van der Waals surface area contributed by atoms with Gasteiger partial charge in [-0.1, -0.05) is 41.4 Å². The van der Waals surface area contributed by atoms with Crippen molar-refractivity contribution in [2.24, 2.45) is 0 Å². The van der Waals surface area contributed by atoms with E-state index in [4.69, 9.17) is 28.9 Å². The Hall–Kier alpha value is -2.41. The van der Waals surface area contributed by atoms with Gasteiger partial charge in [0.05, 0.1) is 21.9 Å². The van der Waals surface area contributed by atoms with E-state index >= 15 is 0 Å². The van der Waals surface area contributed by atoms with Gasteiger partial charge < -0.3 is 10.5 Å². The molecule has 27 heavy (non-hydrogen) atoms. The molecule has 0 aliphatic heterocycles. The fourth-order valence-electron chi connectivity index (χ4n) is 2.82. The van der Waals surface area contributed by atoms with Gasteiger partial charge in [-0.05, 0) is 48.7 Å². The van der Waals surface area contributed by atoms with Crippen LogP contribution in [0.1, 0.15) is 5.69 Å². The fraction of sp³-hybridized carbons (Fsp3) is 0.0526. The minimum absolute atomic E-state index is 0.534. The van der Waals surface area contributed by atoms with E-state index in [0.717, 1.165) is 33.1 Å². The predicted molar refractivity (Wildman–Crippen MR) is 114 cm³/mol. The van der Waals surface area contributed by atoms with Crippen LogP contribution in [0, 0.1) is 6.92 Å². The number of anilines is 2. The number of nitrogen functional groups attached to an aromatic ring is 1. The third-order valence-corrected chi connectivity index (χ3v) is 5.95. The zero-order valence-corrected chi connectivity index (χ0v) is 16.6. The predicted octanol–water partition coefficient (Wildman–Crippen LogP) is 5.71. The van der Waals surface area contributed by atoms with Crippen LogP contribution in [0.25, 0.3) is 16.8 Å². The van der Waals surface area contributed by atoms with Gasteiger partial charge in [0, 0.05) is 22.2 Å². The Morgan fingerprint density at radius 2 is 1.85 bits per heavy atom. The van der Waals surface area contributed by atoms with Crippen molar-refractivity contribution in [2.75, 3.05) is 10.5 Å². The maximum absolute atomic E-state index is 6.31. The molecule has 0 unspecified atom stereocenters. The summed E-state index contributed by atoms with van der Waals surface area (Å²) < 4.78 is 4.92. The molecule has 0 bridgehead atoms. The Kier molecular flexibility index (Phi) is 4.86. The summed E-state index contributed by atoms with van der Waals surface area (Å²) in [6, 6.07) is 15.3. The monoisotopic (exact) mass is 415 g/mol. The number of hydrogen-bond donors (Lipinski definition) is 2. The summed E-state index contributed by atoms with van der Waals surface area (Å²) in [6.45, 7) is 1.95. The zero-order chi connectivity index (χ0) is 19.0. The second-order valence-corrected chi connectivity index (χ2v) is 7.53. The number of hydrogen-bond acceptors (Lipinski definition) is 5. The number of halogens is 2. The summed E-state index contributed by atoms with van der Waals surface area (Å²) in [5.74, 6) is 0.572.